The fourth-order valence-electron chi connectivity index (χ4n) is 1.65. The first-order valence-electron chi connectivity index (χ1n) is 4.94. The summed E-state index contributed by atoms with van der Waals surface area (Å²) in [5.74, 6) is 0. The van der Waals surface area contributed by atoms with Crippen LogP contribution in [-0.4, -0.2) is 9.78 Å². The molecule has 78 valence electrons. The molecule has 0 aliphatic rings. The van der Waals surface area contributed by atoms with Gasteiger partial charge < -0.3 is 0 Å². The summed E-state index contributed by atoms with van der Waals surface area (Å²) in [7, 11) is 0. The van der Waals surface area contributed by atoms with Gasteiger partial charge >= 0.3 is 0 Å². The van der Waals surface area contributed by atoms with Gasteiger partial charge in [-0.1, -0.05) is 24.4 Å². The third-order valence-electron chi connectivity index (χ3n) is 2.45. The van der Waals surface area contributed by atoms with Crippen molar-refractivity contribution < 1.29 is 0 Å². The lowest BCUT2D eigenvalue weighted by Crippen LogP contribution is -1.99. The third-order valence-corrected chi connectivity index (χ3v) is 2.75. The Hall–Kier alpha value is -1.35. The summed E-state index contributed by atoms with van der Waals surface area (Å²) >= 11 is 5.29. The van der Waals surface area contributed by atoms with Crippen molar-refractivity contribution in [1.29, 1.82) is 0 Å². The fraction of sp³-hybridized carbons (Fsp3) is 0.250. The summed E-state index contributed by atoms with van der Waals surface area (Å²) in [4.78, 5) is 0. The molecule has 0 saturated heterocycles. The second-order valence-electron chi connectivity index (χ2n) is 3.90. The highest BCUT2D eigenvalue weighted by Crippen LogP contribution is 2.16. The highest BCUT2D eigenvalue weighted by atomic mass is 32.1. The monoisotopic (exact) mass is 218 g/mol. The highest BCUT2D eigenvalue weighted by Gasteiger charge is 2.03. The molecule has 0 aliphatic heterocycles. The number of hydrogen-bond donors (Lipinski definition) is 1. The van der Waals surface area contributed by atoms with E-state index in [4.69, 9.17) is 12.2 Å². The Labute approximate surface area is 94.5 Å². The average molecular weight is 218 g/mol. The normalized spacial score (nSPS) is 10.6. The summed E-state index contributed by atoms with van der Waals surface area (Å²) in [5.41, 5.74) is 4.68. The van der Waals surface area contributed by atoms with Crippen molar-refractivity contribution in [3.63, 3.8) is 0 Å². The van der Waals surface area contributed by atoms with Crippen LogP contribution >= 0.6 is 12.2 Å². The number of hydrogen-bond acceptors (Lipinski definition) is 1. The summed E-state index contributed by atoms with van der Waals surface area (Å²) in [6.07, 6.45) is 0. The van der Waals surface area contributed by atoms with E-state index >= 15 is 0 Å². The molecule has 0 saturated carbocycles. The molecule has 15 heavy (non-hydrogen) atoms. The molecule has 0 aliphatic carbocycles. The Balaban J connectivity index is 2.68. The molecule has 2 rings (SSSR count). The van der Waals surface area contributed by atoms with Crippen LogP contribution in [0.2, 0.25) is 0 Å². The van der Waals surface area contributed by atoms with E-state index in [0.717, 1.165) is 16.0 Å². The van der Waals surface area contributed by atoms with Gasteiger partial charge in [0.1, 0.15) is 4.64 Å². The van der Waals surface area contributed by atoms with Crippen molar-refractivity contribution in [2.75, 3.05) is 0 Å². The van der Waals surface area contributed by atoms with Gasteiger partial charge in [-0.25, -0.2) is 4.68 Å². The zero-order valence-electron chi connectivity index (χ0n) is 9.16. The SMILES string of the molecule is Cc1ccc(C)c(-n2[nH]c(C)cc2=S)c1. The summed E-state index contributed by atoms with van der Waals surface area (Å²) in [5, 5.41) is 3.24. The molecule has 0 spiro atoms. The molecule has 1 N–H and O–H groups in total. The topological polar surface area (TPSA) is 20.7 Å². The number of H-pyrrole nitrogens is 1. The maximum absolute atomic E-state index is 5.29. The van der Waals surface area contributed by atoms with E-state index in [1.807, 2.05) is 17.7 Å². The molecule has 0 fully saturated rings. The van der Waals surface area contributed by atoms with Crippen LogP contribution < -0.4 is 0 Å². The van der Waals surface area contributed by atoms with E-state index in [-0.39, 0.29) is 0 Å². The summed E-state index contributed by atoms with van der Waals surface area (Å²) in [6.45, 7) is 6.19. The predicted molar refractivity (Wildman–Crippen MR) is 65.2 cm³/mol. The summed E-state index contributed by atoms with van der Waals surface area (Å²) in [6, 6.07) is 8.33. The predicted octanol–water partition coefficient (Wildman–Crippen LogP) is 3.46. The van der Waals surface area contributed by atoms with Crippen LogP contribution in [0.5, 0.6) is 0 Å². The van der Waals surface area contributed by atoms with Crippen molar-refractivity contribution in [2.24, 2.45) is 0 Å². The van der Waals surface area contributed by atoms with Crippen LogP contribution in [0.15, 0.2) is 24.3 Å². The van der Waals surface area contributed by atoms with E-state index in [2.05, 4.69) is 37.1 Å². The summed E-state index contributed by atoms with van der Waals surface area (Å²) < 4.78 is 2.77. The molecule has 0 radical (unpaired) electrons. The van der Waals surface area contributed by atoms with Gasteiger partial charge in [-0.05, 0) is 44.0 Å². The number of aryl methyl sites for hydroxylation is 3. The van der Waals surface area contributed by atoms with E-state index < -0.39 is 0 Å². The quantitative estimate of drug-likeness (QED) is 0.727. The van der Waals surface area contributed by atoms with E-state index in [9.17, 15) is 0 Å². The van der Waals surface area contributed by atoms with Crippen LogP contribution in [0.4, 0.5) is 0 Å². The van der Waals surface area contributed by atoms with Gasteiger partial charge in [0.2, 0.25) is 0 Å². The van der Waals surface area contributed by atoms with E-state index in [1.165, 1.54) is 11.1 Å². The lowest BCUT2D eigenvalue weighted by Gasteiger charge is -2.08. The van der Waals surface area contributed by atoms with Gasteiger partial charge in [0, 0.05) is 5.69 Å². The molecule has 2 aromatic rings. The molecule has 0 bridgehead atoms. The fourth-order valence-corrected chi connectivity index (χ4v) is 1.97. The Morgan fingerprint density at radius 1 is 1.13 bits per heavy atom. The number of aromatic amines is 1. The zero-order valence-corrected chi connectivity index (χ0v) is 9.98. The van der Waals surface area contributed by atoms with Crippen LogP contribution in [0.3, 0.4) is 0 Å². The average Bonchev–Trinajstić information content (AvgIpc) is 2.50. The van der Waals surface area contributed by atoms with Crippen molar-refractivity contribution in [3.8, 4) is 5.69 Å². The molecule has 0 atom stereocenters. The van der Waals surface area contributed by atoms with Gasteiger partial charge in [0.25, 0.3) is 0 Å². The molecule has 0 amide bonds. The Morgan fingerprint density at radius 2 is 1.87 bits per heavy atom. The van der Waals surface area contributed by atoms with Gasteiger partial charge in [-0.2, -0.15) is 0 Å². The lowest BCUT2D eigenvalue weighted by atomic mass is 10.1. The maximum atomic E-state index is 5.29. The molecule has 0 unspecified atom stereocenters. The Morgan fingerprint density at radius 3 is 2.47 bits per heavy atom. The Bertz CT molecular complexity index is 549. The Kier molecular flexibility index (Phi) is 2.49. The standard InChI is InChI=1S/C12H14N2S/c1-8-4-5-9(2)11(6-8)14-12(15)7-10(3)13-14/h4-7,13H,1-3H3. The maximum Gasteiger partial charge on any atom is 0.127 e. The first-order valence-corrected chi connectivity index (χ1v) is 5.35. The number of rotatable bonds is 1. The van der Waals surface area contributed by atoms with Crippen LogP contribution in [-0.2, 0) is 0 Å². The van der Waals surface area contributed by atoms with Crippen LogP contribution in [0.1, 0.15) is 16.8 Å². The lowest BCUT2D eigenvalue weighted by molar-refractivity contribution is 0.845. The molecule has 1 aromatic heterocycles. The van der Waals surface area contributed by atoms with E-state index in [0.29, 0.717) is 0 Å². The zero-order chi connectivity index (χ0) is 11.0. The molecule has 2 nitrogen and oxygen atoms in total. The minimum Gasteiger partial charge on any atom is -0.297 e. The largest absolute Gasteiger partial charge is 0.297 e. The second-order valence-corrected chi connectivity index (χ2v) is 4.32. The molecular formula is C12H14N2S. The molecule has 1 aromatic carbocycles. The van der Waals surface area contributed by atoms with E-state index in [1.54, 1.807) is 0 Å². The van der Waals surface area contributed by atoms with Gasteiger partial charge in [0.15, 0.2) is 0 Å². The molecular weight excluding hydrogens is 204 g/mol. The number of aromatic nitrogens is 2. The molecule has 1 heterocycles. The van der Waals surface area contributed by atoms with Gasteiger partial charge in [0.05, 0.1) is 5.69 Å². The second kappa shape index (κ2) is 3.66. The first-order chi connectivity index (χ1) is 7.08. The van der Waals surface area contributed by atoms with Gasteiger partial charge in [-0.15, -0.1) is 0 Å². The molecule has 3 heteroatoms. The van der Waals surface area contributed by atoms with Crippen molar-refractivity contribution in [1.82, 2.24) is 9.78 Å². The van der Waals surface area contributed by atoms with Crippen molar-refractivity contribution >= 4 is 12.2 Å². The minimum atomic E-state index is 0.821. The van der Waals surface area contributed by atoms with Crippen LogP contribution in [0, 0.1) is 25.4 Å². The van der Waals surface area contributed by atoms with Crippen molar-refractivity contribution in [2.45, 2.75) is 20.8 Å². The number of nitrogens with one attached hydrogen (secondary N) is 1. The third kappa shape index (κ3) is 1.88. The number of benzene rings is 1. The van der Waals surface area contributed by atoms with Crippen LogP contribution in [0.25, 0.3) is 5.69 Å². The minimum absolute atomic E-state index is 0.821. The van der Waals surface area contributed by atoms with Crippen molar-refractivity contribution in [3.05, 3.63) is 45.7 Å². The number of nitrogens with zero attached hydrogens (tertiary/aromatic N) is 1. The highest BCUT2D eigenvalue weighted by molar-refractivity contribution is 7.71. The first kappa shape index (κ1) is 10.2. The van der Waals surface area contributed by atoms with Gasteiger partial charge in [-0.3, -0.25) is 5.10 Å². The smallest absolute Gasteiger partial charge is 0.127 e.